The normalized spacial score (nSPS) is 20.7. The first-order chi connectivity index (χ1) is 12.1. The number of nitrogens with zero attached hydrogens (tertiary/aromatic N) is 4. The van der Waals surface area contributed by atoms with Gasteiger partial charge in [-0.2, -0.15) is 5.10 Å². The summed E-state index contributed by atoms with van der Waals surface area (Å²) >= 11 is 5.94. The van der Waals surface area contributed by atoms with Crippen molar-refractivity contribution in [1.82, 2.24) is 19.7 Å². The average molecular weight is 359 g/mol. The Labute approximate surface area is 153 Å². The maximum atomic E-state index is 12.9. The van der Waals surface area contributed by atoms with Crippen LogP contribution in [0.2, 0.25) is 5.15 Å². The van der Waals surface area contributed by atoms with E-state index in [1.165, 1.54) is 36.9 Å². The molecule has 25 heavy (non-hydrogen) atoms. The minimum atomic E-state index is 0.139. The van der Waals surface area contributed by atoms with Gasteiger partial charge in [0.2, 0.25) is 5.91 Å². The van der Waals surface area contributed by atoms with Gasteiger partial charge in [-0.05, 0) is 48.9 Å². The molecule has 0 saturated heterocycles. The van der Waals surface area contributed by atoms with Gasteiger partial charge in [-0.25, -0.2) is 4.98 Å². The van der Waals surface area contributed by atoms with E-state index in [1.807, 2.05) is 17.2 Å². The van der Waals surface area contributed by atoms with Crippen molar-refractivity contribution in [2.45, 2.75) is 64.1 Å². The van der Waals surface area contributed by atoms with Crippen LogP contribution in [0.4, 0.5) is 0 Å². The van der Waals surface area contributed by atoms with Gasteiger partial charge in [0.05, 0.1) is 31.4 Å². The number of fused-ring (bicyclic) bond motifs is 1. The molecule has 0 bridgehead atoms. The highest BCUT2D eigenvalue weighted by Gasteiger charge is 2.31. The molecule has 1 atom stereocenters. The summed E-state index contributed by atoms with van der Waals surface area (Å²) in [6.45, 7) is 3.52. The van der Waals surface area contributed by atoms with Crippen LogP contribution in [-0.2, 0) is 24.3 Å². The minimum absolute atomic E-state index is 0.139. The Bertz CT molecular complexity index is 781. The molecule has 2 aliphatic rings. The minimum Gasteiger partial charge on any atom is -0.332 e. The molecule has 132 valence electrons. The zero-order chi connectivity index (χ0) is 17.4. The van der Waals surface area contributed by atoms with Crippen molar-refractivity contribution in [3.63, 3.8) is 0 Å². The molecule has 0 spiro atoms. The Hall–Kier alpha value is -1.88. The van der Waals surface area contributed by atoms with E-state index in [1.54, 1.807) is 12.3 Å². The summed E-state index contributed by atoms with van der Waals surface area (Å²) in [5.74, 6) is 0.757. The molecule has 3 heterocycles. The fourth-order valence-corrected chi connectivity index (χ4v) is 4.36. The van der Waals surface area contributed by atoms with E-state index in [2.05, 4.69) is 21.7 Å². The molecule has 1 saturated carbocycles. The molecular weight excluding hydrogens is 336 g/mol. The number of hydrogen-bond donors (Lipinski definition) is 0. The Morgan fingerprint density at radius 2 is 2.16 bits per heavy atom. The highest BCUT2D eigenvalue weighted by atomic mass is 35.5. The third-order valence-electron chi connectivity index (χ3n) is 5.53. The van der Waals surface area contributed by atoms with E-state index in [0.717, 1.165) is 12.1 Å². The van der Waals surface area contributed by atoms with Gasteiger partial charge < -0.3 is 4.90 Å². The fourth-order valence-electron chi connectivity index (χ4n) is 4.16. The standard InChI is InChI=1S/C19H23ClN4O/c1-13-11-24-17(16(10-22-24)15-4-2-3-5-15)12-23(13)19(25)9-14-6-7-21-18(20)8-14/h6-8,10,13,15H,2-5,9,11-12H2,1H3. The van der Waals surface area contributed by atoms with E-state index < -0.39 is 0 Å². The Kier molecular flexibility index (Phi) is 4.50. The topological polar surface area (TPSA) is 51.0 Å². The molecule has 1 aliphatic heterocycles. The second kappa shape index (κ2) is 6.79. The van der Waals surface area contributed by atoms with Crippen molar-refractivity contribution in [3.05, 3.63) is 46.5 Å². The first kappa shape index (κ1) is 16.6. The number of carbonyl (C=O) groups is 1. The van der Waals surface area contributed by atoms with Crippen molar-refractivity contribution >= 4 is 17.5 Å². The van der Waals surface area contributed by atoms with Crippen LogP contribution in [0.25, 0.3) is 0 Å². The maximum Gasteiger partial charge on any atom is 0.227 e. The molecule has 0 aromatic carbocycles. The Balaban J connectivity index is 1.53. The zero-order valence-electron chi connectivity index (χ0n) is 14.5. The zero-order valence-corrected chi connectivity index (χ0v) is 15.2. The summed E-state index contributed by atoms with van der Waals surface area (Å²) in [6.07, 6.45) is 9.15. The van der Waals surface area contributed by atoms with Crippen molar-refractivity contribution < 1.29 is 4.79 Å². The van der Waals surface area contributed by atoms with Gasteiger partial charge in [0.1, 0.15) is 5.15 Å². The number of halogens is 1. The number of aromatic nitrogens is 3. The van der Waals surface area contributed by atoms with E-state index >= 15 is 0 Å². The van der Waals surface area contributed by atoms with Crippen LogP contribution >= 0.6 is 11.6 Å². The number of carbonyl (C=O) groups excluding carboxylic acids is 1. The van der Waals surface area contributed by atoms with Crippen LogP contribution in [0.5, 0.6) is 0 Å². The molecule has 2 aromatic heterocycles. The van der Waals surface area contributed by atoms with Crippen LogP contribution in [-0.4, -0.2) is 31.6 Å². The van der Waals surface area contributed by atoms with Crippen molar-refractivity contribution in [3.8, 4) is 0 Å². The number of amides is 1. The van der Waals surface area contributed by atoms with Crippen molar-refractivity contribution in [1.29, 1.82) is 0 Å². The largest absolute Gasteiger partial charge is 0.332 e. The molecule has 1 aliphatic carbocycles. The smallest absolute Gasteiger partial charge is 0.227 e. The predicted molar refractivity (Wildman–Crippen MR) is 96.4 cm³/mol. The molecular formula is C19H23ClN4O. The lowest BCUT2D eigenvalue weighted by molar-refractivity contribution is -0.134. The van der Waals surface area contributed by atoms with Gasteiger partial charge >= 0.3 is 0 Å². The summed E-state index contributed by atoms with van der Waals surface area (Å²) in [4.78, 5) is 18.9. The summed E-state index contributed by atoms with van der Waals surface area (Å²) in [5, 5.41) is 5.02. The highest BCUT2D eigenvalue weighted by molar-refractivity contribution is 6.29. The van der Waals surface area contributed by atoms with Crippen LogP contribution in [0, 0.1) is 0 Å². The Morgan fingerprint density at radius 1 is 1.36 bits per heavy atom. The van der Waals surface area contributed by atoms with E-state index in [9.17, 15) is 4.79 Å². The van der Waals surface area contributed by atoms with Gasteiger partial charge in [0, 0.05) is 12.2 Å². The van der Waals surface area contributed by atoms with Gasteiger partial charge in [-0.3, -0.25) is 9.48 Å². The average Bonchev–Trinajstić information content (AvgIpc) is 3.22. The van der Waals surface area contributed by atoms with Gasteiger partial charge in [-0.15, -0.1) is 0 Å². The number of hydrogen-bond acceptors (Lipinski definition) is 3. The van der Waals surface area contributed by atoms with Crippen molar-refractivity contribution in [2.24, 2.45) is 0 Å². The summed E-state index contributed by atoms with van der Waals surface area (Å²) in [6, 6.07) is 3.77. The van der Waals surface area contributed by atoms with E-state index in [0.29, 0.717) is 24.0 Å². The molecule has 6 heteroatoms. The predicted octanol–water partition coefficient (Wildman–Crippen LogP) is 3.56. The van der Waals surface area contributed by atoms with Gasteiger partial charge in [0.25, 0.3) is 0 Å². The monoisotopic (exact) mass is 358 g/mol. The highest BCUT2D eigenvalue weighted by Crippen LogP contribution is 2.37. The third-order valence-corrected chi connectivity index (χ3v) is 5.74. The lowest BCUT2D eigenvalue weighted by Crippen LogP contribution is -2.45. The molecule has 2 aromatic rings. The second-order valence-corrected chi connectivity index (χ2v) is 7.63. The number of rotatable bonds is 3. The second-order valence-electron chi connectivity index (χ2n) is 7.24. The van der Waals surface area contributed by atoms with Crippen LogP contribution in [0.3, 0.4) is 0 Å². The van der Waals surface area contributed by atoms with Gasteiger partial charge in [-0.1, -0.05) is 24.4 Å². The van der Waals surface area contributed by atoms with Crippen LogP contribution in [0.15, 0.2) is 24.5 Å². The summed E-state index contributed by atoms with van der Waals surface area (Å²) in [7, 11) is 0. The fraction of sp³-hybridized carbons (Fsp3) is 0.526. The lowest BCUT2D eigenvalue weighted by Gasteiger charge is -2.35. The first-order valence-corrected chi connectivity index (χ1v) is 9.44. The summed E-state index contributed by atoms with van der Waals surface area (Å²) < 4.78 is 2.10. The third kappa shape index (κ3) is 3.30. The maximum absolute atomic E-state index is 12.9. The van der Waals surface area contributed by atoms with E-state index in [4.69, 9.17) is 11.6 Å². The van der Waals surface area contributed by atoms with E-state index in [-0.39, 0.29) is 11.9 Å². The molecule has 1 unspecified atom stereocenters. The SMILES string of the molecule is CC1Cn2ncc(C3CCCC3)c2CN1C(=O)Cc1ccnc(Cl)c1. The Morgan fingerprint density at radius 3 is 2.92 bits per heavy atom. The molecule has 0 N–H and O–H groups in total. The lowest BCUT2D eigenvalue weighted by atomic mass is 9.97. The number of pyridine rings is 1. The van der Waals surface area contributed by atoms with Gasteiger partial charge in [0.15, 0.2) is 0 Å². The summed E-state index contributed by atoms with van der Waals surface area (Å²) in [5.41, 5.74) is 3.49. The molecule has 1 fully saturated rings. The molecule has 0 radical (unpaired) electrons. The molecule has 1 amide bonds. The van der Waals surface area contributed by atoms with Crippen LogP contribution < -0.4 is 0 Å². The quantitative estimate of drug-likeness (QED) is 0.788. The molecule has 5 nitrogen and oxygen atoms in total. The van der Waals surface area contributed by atoms with Crippen LogP contribution in [0.1, 0.15) is 55.3 Å². The molecule has 4 rings (SSSR count). The first-order valence-electron chi connectivity index (χ1n) is 9.06. The van der Waals surface area contributed by atoms with Crippen molar-refractivity contribution in [2.75, 3.05) is 0 Å².